The van der Waals surface area contributed by atoms with Gasteiger partial charge in [0.15, 0.2) is 0 Å². The van der Waals surface area contributed by atoms with Gasteiger partial charge in [0.2, 0.25) is 5.91 Å². The third-order valence-electron chi connectivity index (χ3n) is 2.34. The lowest BCUT2D eigenvalue weighted by atomic mass is 10.0. The van der Waals surface area contributed by atoms with E-state index in [0.29, 0.717) is 6.42 Å². The number of nitrogens with zero attached hydrogens (tertiary/aromatic N) is 1. The second kappa shape index (κ2) is 4.65. The zero-order chi connectivity index (χ0) is 11.5. The molecule has 0 saturated carbocycles. The first kappa shape index (κ1) is 11.1. The molecule has 1 aliphatic rings. The Morgan fingerprint density at radius 3 is 2.81 bits per heavy atom. The van der Waals surface area contributed by atoms with Crippen molar-refractivity contribution in [2.24, 2.45) is 10.9 Å². The van der Waals surface area contributed by atoms with Gasteiger partial charge in [-0.05, 0) is 17.7 Å². The number of oxime groups is 1. The quantitative estimate of drug-likeness (QED) is 0.919. The highest BCUT2D eigenvalue weighted by Gasteiger charge is 2.23. The number of nitrogens with two attached hydrogens (primary N) is 1. The molecule has 5 heteroatoms. The molecule has 16 heavy (non-hydrogen) atoms. The zero-order valence-electron chi connectivity index (χ0n) is 8.52. The highest BCUT2D eigenvalue weighted by molar-refractivity contribution is 9.10. The lowest BCUT2D eigenvalue weighted by molar-refractivity contribution is -0.120. The molecule has 4 nitrogen and oxygen atoms in total. The van der Waals surface area contributed by atoms with E-state index in [4.69, 9.17) is 10.6 Å². The first-order valence-electron chi connectivity index (χ1n) is 4.92. The summed E-state index contributed by atoms with van der Waals surface area (Å²) in [7, 11) is 0. The van der Waals surface area contributed by atoms with E-state index in [1.54, 1.807) is 0 Å². The summed E-state index contributed by atoms with van der Waals surface area (Å²) in [6.07, 6.45) is 0.629. The Balaban J connectivity index is 2.03. The molecule has 84 valence electrons. The molecule has 0 fully saturated rings. The molecule has 0 aromatic heterocycles. The summed E-state index contributed by atoms with van der Waals surface area (Å²) in [6, 6.07) is 7.80. The molecule has 0 unspecified atom stereocenters. The van der Waals surface area contributed by atoms with Crippen molar-refractivity contribution < 1.29 is 9.63 Å². The van der Waals surface area contributed by atoms with Gasteiger partial charge in [-0.3, -0.25) is 4.79 Å². The third-order valence-corrected chi connectivity index (χ3v) is 2.87. The molecule has 0 spiro atoms. The molecule has 1 aromatic carbocycles. The van der Waals surface area contributed by atoms with E-state index in [9.17, 15) is 4.79 Å². The standard InChI is InChI=1S/C11H11BrN2O2/c12-8-3-1-7(2-4-8)10-5-9(16-14-10)6-11(13)15/h1-4,9H,5-6H2,(H2,13,15)/t9-/m1/s1. The molecule has 0 saturated heterocycles. The van der Waals surface area contributed by atoms with E-state index < -0.39 is 0 Å². The summed E-state index contributed by atoms with van der Waals surface area (Å²) in [5, 5.41) is 3.96. The van der Waals surface area contributed by atoms with Crippen LogP contribution in [0, 0.1) is 0 Å². The van der Waals surface area contributed by atoms with Crippen LogP contribution in [-0.2, 0) is 9.63 Å². The highest BCUT2D eigenvalue weighted by Crippen LogP contribution is 2.20. The summed E-state index contributed by atoms with van der Waals surface area (Å²) in [6.45, 7) is 0. The van der Waals surface area contributed by atoms with E-state index in [2.05, 4.69) is 21.1 Å². The zero-order valence-corrected chi connectivity index (χ0v) is 10.1. The molecule has 0 radical (unpaired) electrons. The van der Waals surface area contributed by atoms with Crippen molar-refractivity contribution in [1.82, 2.24) is 0 Å². The van der Waals surface area contributed by atoms with Crippen molar-refractivity contribution in [2.45, 2.75) is 18.9 Å². The van der Waals surface area contributed by atoms with Gasteiger partial charge in [-0.25, -0.2) is 0 Å². The average Bonchev–Trinajstić information content (AvgIpc) is 2.66. The van der Waals surface area contributed by atoms with Crippen molar-refractivity contribution in [1.29, 1.82) is 0 Å². The van der Waals surface area contributed by atoms with Gasteiger partial charge in [0.05, 0.1) is 12.1 Å². The maximum atomic E-state index is 10.7. The molecular formula is C11H11BrN2O2. The maximum absolute atomic E-state index is 10.7. The van der Waals surface area contributed by atoms with Gasteiger partial charge < -0.3 is 10.6 Å². The lowest BCUT2D eigenvalue weighted by Crippen LogP contribution is -2.20. The molecule has 1 aromatic rings. The molecule has 1 amide bonds. The first-order valence-corrected chi connectivity index (χ1v) is 5.71. The van der Waals surface area contributed by atoms with Crippen LogP contribution in [0.3, 0.4) is 0 Å². The SMILES string of the molecule is NC(=O)C[C@H]1CC(c2ccc(Br)cc2)=NO1. The Labute approximate surface area is 102 Å². The number of carbonyl (C=O) groups excluding carboxylic acids is 1. The third kappa shape index (κ3) is 2.61. The van der Waals surface area contributed by atoms with Crippen molar-refractivity contribution in [3.05, 3.63) is 34.3 Å². The highest BCUT2D eigenvalue weighted by atomic mass is 79.9. The molecule has 2 rings (SSSR count). The van der Waals surface area contributed by atoms with Gasteiger partial charge in [-0.15, -0.1) is 0 Å². The Morgan fingerprint density at radius 1 is 1.50 bits per heavy atom. The van der Waals surface area contributed by atoms with Crippen LogP contribution < -0.4 is 5.73 Å². The van der Waals surface area contributed by atoms with E-state index in [1.807, 2.05) is 24.3 Å². The van der Waals surface area contributed by atoms with Gasteiger partial charge >= 0.3 is 0 Å². The number of rotatable bonds is 3. The molecule has 1 aliphatic heterocycles. The number of amides is 1. The predicted molar refractivity (Wildman–Crippen MR) is 64.0 cm³/mol. The average molecular weight is 283 g/mol. The summed E-state index contributed by atoms with van der Waals surface area (Å²) in [5.74, 6) is -0.364. The number of halogens is 1. The molecular weight excluding hydrogens is 272 g/mol. The minimum absolute atomic E-state index is 0.212. The van der Waals surface area contributed by atoms with Crippen LogP contribution >= 0.6 is 15.9 Å². The predicted octanol–water partition coefficient (Wildman–Crippen LogP) is 1.82. The summed E-state index contributed by atoms with van der Waals surface area (Å²) in [4.78, 5) is 15.9. The topological polar surface area (TPSA) is 64.7 Å². The number of hydrogen-bond donors (Lipinski definition) is 1. The number of benzene rings is 1. The minimum Gasteiger partial charge on any atom is -0.391 e. The molecule has 1 heterocycles. The van der Waals surface area contributed by atoms with Crippen LogP contribution in [0.25, 0.3) is 0 Å². The van der Waals surface area contributed by atoms with Crippen molar-refractivity contribution in [2.75, 3.05) is 0 Å². The van der Waals surface area contributed by atoms with Gasteiger partial charge in [0.1, 0.15) is 6.10 Å². The van der Waals surface area contributed by atoms with Crippen LogP contribution in [0.2, 0.25) is 0 Å². The molecule has 0 bridgehead atoms. The Kier molecular flexibility index (Phi) is 3.24. The fourth-order valence-electron chi connectivity index (χ4n) is 1.58. The fourth-order valence-corrected chi connectivity index (χ4v) is 1.84. The summed E-state index contributed by atoms with van der Waals surface area (Å²) in [5.41, 5.74) is 6.97. The van der Waals surface area contributed by atoms with Gasteiger partial charge in [0.25, 0.3) is 0 Å². The van der Waals surface area contributed by atoms with Crippen molar-refractivity contribution in [3.63, 3.8) is 0 Å². The largest absolute Gasteiger partial charge is 0.391 e. The van der Waals surface area contributed by atoms with E-state index >= 15 is 0 Å². The smallest absolute Gasteiger partial charge is 0.221 e. The summed E-state index contributed by atoms with van der Waals surface area (Å²) < 4.78 is 1.02. The normalized spacial score (nSPS) is 19.1. The van der Waals surface area contributed by atoms with Crippen LogP contribution in [0.5, 0.6) is 0 Å². The lowest BCUT2D eigenvalue weighted by Gasteiger charge is -2.03. The van der Waals surface area contributed by atoms with Gasteiger partial charge in [-0.2, -0.15) is 0 Å². The maximum Gasteiger partial charge on any atom is 0.221 e. The van der Waals surface area contributed by atoms with Crippen molar-refractivity contribution in [3.8, 4) is 0 Å². The van der Waals surface area contributed by atoms with Gasteiger partial charge in [-0.1, -0.05) is 33.2 Å². The molecule has 1 atom stereocenters. The second-order valence-electron chi connectivity index (χ2n) is 3.65. The van der Waals surface area contributed by atoms with E-state index in [1.165, 1.54) is 0 Å². The minimum atomic E-state index is -0.364. The van der Waals surface area contributed by atoms with Crippen molar-refractivity contribution >= 4 is 27.5 Å². The van der Waals surface area contributed by atoms with Crippen LogP contribution in [0.15, 0.2) is 33.9 Å². The monoisotopic (exact) mass is 282 g/mol. The van der Waals surface area contributed by atoms with E-state index in [0.717, 1.165) is 15.7 Å². The number of hydrogen-bond acceptors (Lipinski definition) is 3. The van der Waals surface area contributed by atoms with Gasteiger partial charge in [0, 0.05) is 10.9 Å². The number of carbonyl (C=O) groups is 1. The Bertz CT molecular complexity index is 428. The first-order chi connectivity index (χ1) is 7.65. The van der Waals surface area contributed by atoms with Crippen LogP contribution in [0.4, 0.5) is 0 Å². The Morgan fingerprint density at radius 2 is 2.19 bits per heavy atom. The Hall–Kier alpha value is -1.36. The summed E-state index contributed by atoms with van der Waals surface area (Å²) >= 11 is 3.37. The second-order valence-corrected chi connectivity index (χ2v) is 4.56. The van der Waals surface area contributed by atoms with Crippen LogP contribution in [0.1, 0.15) is 18.4 Å². The van der Waals surface area contributed by atoms with E-state index in [-0.39, 0.29) is 18.4 Å². The number of primary amides is 1. The van der Waals surface area contributed by atoms with Crippen LogP contribution in [-0.4, -0.2) is 17.7 Å². The fraction of sp³-hybridized carbons (Fsp3) is 0.273. The molecule has 2 N–H and O–H groups in total. The molecule has 0 aliphatic carbocycles.